The van der Waals surface area contributed by atoms with Crippen LogP contribution in [0.2, 0.25) is 5.02 Å². The zero-order valence-electron chi connectivity index (χ0n) is 12.1. The van der Waals surface area contributed by atoms with E-state index < -0.39 is 10.0 Å². The van der Waals surface area contributed by atoms with E-state index >= 15 is 0 Å². The molecule has 1 aliphatic heterocycles. The molecule has 0 saturated heterocycles. The molecule has 0 saturated carbocycles. The van der Waals surface area contributed by atoms with Gasteiger partial charge in [0.1, 0.15) is 4.90 Å². The van der Waals surface area contributed by atoms with E-state index in [1.807, 2.05) is 24.3 Å². The van der Waals surface area contributed by atoms with Crippen molar-refractivity contribution in [3.8, 4) is 5.75 Å². The monoisotopic (exact) mass is 433 g/mol. The van der Waals surface area contributed by atoms with Gasteiger partial charge in [0.2, 0.25) is 0 Å². The van der Waals surface area contributed by atoms with Crippen LogP contribution < -0.4 is 9.04 Å². The van der Waals surface area contributed by atoms with E-state index in [1.54, 1.807) is 17.8 Å². The summed E-state index contributed by atoms with van der Waals surface area (Å²) in [6.07, 6.45) is 0. The van der Waals surface area contributed by atoms with Gasteiger partial charge in [0.05, 0.1) is 17.3 Å². The number of rotatable bonds is 3. The SMILES string of the molecule is COc1c(Br)cc(Cl)cc1S(=O)(=O)N1CCSc2ccccc21. The number of hydrogen-bond acceptors (Lipinski definition) is 4. The van der Waals surface area contributed by atoms with Crippen molar-refractivity contribution >= 4 is 55.0 Å². The van der Waals surface area contributed by atoms with Gasteiger partial charge in [0.15, 0.2) is 5.75 Å². The van der Waals surface area contributed by atoms with E-state index in [9.17, 15) is 8.42 Å². The Balaban J connectivity index is 2.18. The minimum absolute atomic E-state index is 0.0566. The molecule has 4 nitrogen and oxygen atoms in total. The van der Waals surface area contributed by atoms with Gasteiger partial charge in [0, 0.05) is 22.2 Å². The third-order valence-electron chi connectivity index (χ3n) is 3.43. The lowest BCUT2D eigenvalue weighted by Crippen LogP contribution is -2.35. The highest BCUT2D eigenvalue weighted by Gasteiger charge is 2.32. The molecule has 23 heavy (non-hydrogen) atoms. The molecule has 0 aliphatic carbocycles. The molecule has 0 atom stereocenters. The summed E-state index contributed by atoms with van der Waals surface area (Å²) in [4.78, 5) is 1.00. The molecule has 0 aromatic heterocycles. The molecule has 0 spiro atoms. The van der Waals surface area contributed by atoms with Crippen molar-refractivity contribution in [1.29, 1.82) is 0 Å². The van der Waals surface area contributed by atoms with Crippen LogP contribution in [0, 0.1) is 0 Å². The van der Waals surface area contributed by atoms with Crippen LogP contribution >= 0.6 is 39.3 Å². The van der Waals surface area contributed by atoms with E-state index in [1.165, 1.54) is 17.5 Å². The highest BCUT2D eigenvalue weighted by Crippen LogP contribution is 2.41. The summed E-state index contributed by atoms with van der Waals surface area (Å²) < 4.78 is 33.6. The van der Waals surface area contributed by atoms with Crippen LogP contribution in [0.1, 0.15) is 0 Å². The van der Waals surface area contributed by atoms with Crippen molar-refractivity contribution < 1.29 is 13.2 Å². The van der Waals surface area contributed by atoms with Crippen molar-refractivity contribution in [2.75, 3.05) is 23.7 Å². The first-order chi connectivity index (χ1) is 10.9. The Kier molecular flexibility index (Phi) is 4.83. The predicted octanol–water partition coefficient (Wildman–Crippen LogP) is 4.41. The molecule has 2 aromatic rings. The van der Waals surface area contributed by atoms with Gasteiger partial charge in [-0.25, -0.2) is 8.42 Å². The second-order valence-corrected chi connectivity index (χ2v) is 9.07. The number of benzene rings is 2. The van der Waals surface area contributed by atoms with Crippen molar-refractivity contribution in [1.82, 2.24) is 0 Å². The maximum Gasteiger partial charge on any atom is 0.268 e. The summed E-state index contributed by atoms with van der Waals surface area (Å²) in [6.45, 7) is 0.400. The lowest BCUT2D eigenvalue weighted by molar-refractivity contribution is 0.400. The standard InChI is InChI=1S/C15H13BrClNO3S2/c1-21-15-11(16)8-10(17)9-14(15)23(19,20)18-6-7-22-13-5-3-2-4-12(13)18/h2-5,8-9H,6-7H2,1H3. The molecular formula is C15H13BrClNO3S2. The molecule has 1 aliphatic rings. The normalized spacial score (nSPS) is 14.5. The minimum Gasteiger partial charge on any atom is -0.494 e. The first kappa shape index (κ1) is 17.0. The molecule has 1 heterocycles. The highest BCUT2D eigenvalue weighted by atomic mass is 79.9. The second-order valence-electron chi connectivity index (χ2n) is 4.81. The van der Waals surface area contributed by atoms with E-state index in [0.29, 0.717) is 27.5 Å². The fraction of sp³-hybridized carbons (Fsp3) is 0.200. The third kappa shape index (κ3) is 3.07. The Bertz CT molecular complexity index is 858. The van der Waals surface area contributed by atoms with Gasteiger partial charge in [-0.2, -0.15) is 0 Å². The van der Waals surface area contributed by atoms with Gasteiger partial charge < -0.3 is 4.74 Å². The maximum absolute atomic E-state index is 13.2. The molecule has 0 amide bonds. The molecule has 8 heteroatoms. The van der Waals surface area contributed by atoms with Gasteiger partial charge in [0.25, 0.3) is 10.0 Å². The van der Waals surface area contributed by atoms with E-state index in [0.717, 1.165) is 4.90 Å². The lowest BCUT2D eigenvalue weighted by Gasteiger charge is -2.30. The fourth-order valence-electron chi connectivity index (χ4n) is 2.44. The number of sulfonamides is 1. The second kappa shape index (κ2) is 6.55. The molecule has 0 N–H and O–H groups in total. The number of anilines is 1. The average molecular weight is 435 g/mol. The Hall–Kier alpha value is -0.890. The predicted molar refractivity (Wildman–Crippen MR) is 97.4 cm³/mol. The first-order valence-electron chi connectivity index (χ1n) is 6.73. The first-order valence-corrected chi connectivity index (χ1v) is 10.3. The topological polar surface area (TPSA) is 46.6 Å². The summed E-state index contributed by atoms with van der Waals surface area (Å²) >= 11 is 11.0. The number of nitrogens with zero attached hydrogens (tertiary/aromatic N) is 1. The Morgan fingerprint density at radius 3 is 2.78 bits per heavy atom. The number of thioether (sulfide) groups is 1. The largest absolute Gasteiger partial charge is 0.494 e. The summed E-state index contributed by atoms with van der Waals surface area (Å²) in [5.74, 6) is 0.949. The van der Waals surface area contributed by atoms with Crippen LogP contribution in [-0.4, -0.2) is 27.8 Å². The van der Waals surface area contributed by atoms with Crippen LogP contribution in [-0.2, 0) is 10.0 Å². The molecule has 3 rings (SSSR count). The van der Waals surface area contributed by atoms with Gasteiger partial charge in [-0.05, 0) is 40.2 Å². The number of hydrogen-bond donors (Lipinski definition) is 0. The Morgan fingerprint density at radius 1 is 1.30 bits per heavy atom. The zero-order chi connectivity index (χ0) is 16.6. The fourth-order valence-corrected chi connectivity index (χ4v) is 6.47. The van der Waals surface area contributed by atoms with E-state index in [2.05, 4.69) is 15.9 Å². The molecule has 0 unspecified atom stereocenters. The number of methoxy groups -OCH3 is 1. The number of halogens is 2. The molecule has 0 radical (unpaired) electrons. The third-order valence-corrected chi connectivity index (χ3v) is 7.10. The van der Waals surface area contributed by atoms with Gasteiger partial charge in [-0.15, -0.1) is 11.8 Å². The summed E-state index contributed by atoms with van der Waals surface area (Å²) in [5, 5.41) is 0.330. The van der Waals surface area contributed by atoms with Crippen molar-refractivity contribution in [2.24, 2.45) is 0 Å². The molecular weight excluding hydrogens is 422 g/mol. The molecule has 0 fully saturated rings. The van der Waals surface area contributed by atoms with Crippen molar-refractivity contribution in [3.63, 3.8) is 0 Å². The smallest absolute Gasteiger partial charge is 0.268 e. The molecule has 2 aromatic carbocycles. The number of para-hydroxylation sites is 1. The van der Waals surface area contributed by atoms with Crippen LogP contribution in [0.5, 0.6) is 5.75 Å². The molecule has 122 valence electrons. The van der Waals surface area contributed by atoms with Crippen molar-refractivity contribution in [3.05, 3.63) is 45.9 Å². The number of ether oxygens (including phenoxy) is 1. The van der Waals surface area contributed by atoms with Crippen LogP contribution in [0.25, 0.3) is 0 Å². The van der Waals surface area contributed by atoms with E-state index in [-0.39, 0.29) is 10.6 Å². The minimum atomic E-state index is -3.78. The lowest BCUT2D eigenvalue weighted by atomic mass is 10.3. The molecule has 0 bridgehead atoms. The average Bonchev–Trinajstić information content (AvgIpc) is 2.53. The summed E-state index contributed by atoms with van der Waals surface area (Å²) in [7, 11) is -2.35. The quantitative estimate of drug-likeness (QED) is 0.718. The van der Waals surface area contributed by atoms with Crippen LogP contribution in [0.15, 0.2) is 50.7 Å². The van der Waals surface area contributed by atoms with Crippen molar-refractivity contribution in [2.45, 2.75) is 9.79 Å². The highest BCUT2D eigenvalue weighted by molar-refractivity contribution is 9.10. The summed E-state index contributed by atoms with van der Waals surface area (Å²) in [6, 6.07) is 10.5. The van der Waals surface area contributed by atoms with Gasteiger partial charge >= 0.3 is 0 Å². The van der Waals surface area contributed by atoms with E-state index in [4.69, 9.17) is 16.3 Å². The Morgan fingerprint density at radius 2 is 2.04 bits per heavy atom. The number of fused-ring (bicyclic) bond motifs is 1. The van der Waals surface area contributed by atoms with Crippen LogP contribution in [0.4, 0.5) is 5.69 Å². The van der Waals surface area contributed by atoms with Crippen LogP contribution in [0.3, 0.4) is 0 Å². The summed E-state index contributed by atoms with van der Waals surface area (Å²) in [5.41, 5.74) is 0.682. The zero-order valence-corrected chi connectivity index (χ0v) is 16.1. The van der Waals surface area contributed by atoms with Gasteiger partial charge in [-0.3, -0.25) is 4.31 Å². The van der Waals surface area contributed by atoms with Gasteiger partial charge in [-0.1, -0.05) is 23.7 Å². The maximum atomic E-state index is 13.2. The Labute approximate surface area is 153 Å².